The lowest BCUT2D eigenvalue weighted by Crippen LogP contribution is -2.34. The molecular weight excluding hydrogens is 296 g/mol. The number of imide groups is 1. The van der Waals surface area contributed by atoms with Gasteiger partial charge in [0.25, 0.3) is 17.5 Å². The molecule has 0 saturated heterocycles. The molecule has 1 heterocycles. The number of benzene rings is 1. The smallest absolute Gasteiger partial charge is 0.273 e. The summed E-state index contributed by atoms with van der Waals surface area (Å²) in [5, 5.41) is 10.5. The third-order valence-corrected chi connectivity index (χ3v) is 3.38. The minimum Gasteiger partial charge on any atom is -0.273 e. The SMILES string of the molecule is CC(C)CN1C(=O)C(Cl)=C(c2ccc([N+](=O)[O-])cc2)C1=O. The molecule has 2 rings (SSSR count). The van der Waals surface area contributed by atoms with Crippen LogP contribution in [-0.4, -0.2) is 28.2 Å². The highest BCUT2D eigenvalue weighted by Crippen LogP contribution is 2.32. The van der Waals surface area contributed by atoms with E-state index in [1.807, 2.05) is 13.8 Å². The molecule has 0 aliphatic carbocycles. The molecule has 7 heteroatoms. The summed E-state index contributed by atoms with van der Waals surface area (Å²) in [4.78, 5) is 35.5. The molecule has 0 atom stereocenters. The lowest BCUT2D eigenvalue weighted by atomic mass is 10.1. The van der Waals surface area contributed by atoms with Gasteiger partial charge in [-0.05, 0) is 23.6 Å². The molecule has 0 fully saturated rings. The van der Waals surface area contributed by atoms with E-state index in [1.165, 1.54) is 24.3 Å². The molecule has 110 valence electrons. The summed E-state index contributed by atoms with van der Waals surface area (Å²) in [7, 11) is 0. The van der Waals surface area contributed by atoms with Gasteiger partial charge in [-0.2, -0.15) is 0 Å². The Labute approximate surface area is 126 Å². The summed E-state index contributed by atoms with van der Waals surface area (Å²) < 4.78 is 0. The minimum absolute atomic E-state index is 0.0914. The molecule has 0 spiro atoms. The van der Waals surface area contributed by atoms with Crippen molar-refractivity contribution in [3.8, 4) is 0 Å². The largest absolute Gasteiger partial charge is 0.273 e. The van der Waals surface area contributed by atoms with Crippen LogP contribution in [0.25, 0.3) is 5.57 Å². The van der Waals surface area contributed by atoms with Gasteiger partial charge in [-0.25, -0.2) is 0 Å². The molecule has 0 N–H and O–H groups in total. The average Bonchev–Trinajstić information content (AvgIpc) is 2.63. The number of non-ortho nitro benzene ring substituents is 1. The van der Waals surface area contributed by atoms with Gasteiger partial charge >= 0.3 is 0 Å². The maximum absolute atomic E-state index is 12.3. The van der Waals surface area contributed by atoms with Crippen LogP contribution >= 0.6 is 11.6 Å². The molecule has 0 saturated carbocycles. The topological polar surface area (TPSA) is 80.5 Å². The van der Waals surface area contributed by atoms with E-state index in [-0.39, 0.29) is 28.8 Å². The van der Waals surface area contributed by atoms with E-state index >= 15 is 0 Å². The fourth-order valence-corrected chi connectivity index (χ4v) is 2.37. The monoisotopic (exact) mass is 308 g/mol. The van der Waals surface area contributed by atoms with Crippen LogP contribution in [0.1, 0.15) is 19.4 Å². The first-order valence-electron chi connectivity index (χ1n) is 6.33. The van der Waals surface area contributed by atoms with Gasteiger partial charge in [0.1, 0.15) is 5.03 Å². The maximum Gasteiger partial charge on any atom is 0.273 e. The predicted octanol–water partition coefficient (Wildman–Crippen LogP) is 2.57. The summed E-state index contributed by atoms with van der Waals surface area (Å²) >= 11 is 5.97. The molecule has 21 heavy (non-hydrogen) atoms. The summed E-state index contributed by atoms with van der Waals surface area (Å²) in [5.41, 5.74) is 0.402. The first-order chi connectivity index (χ1) is 9.82. The van der Waals surface area contributed by atoms with Crippen molar-refractivity contribution in [2.45, 2.75) is 13.8 Å². The van der Waals surface area contributed by atoms with Crippen molar-refractivity contribution in [1.82, 2.24) is 4.90 Å². The third-order valence-electron chi connectivity index (χ3n) is 3.03. The zero-order valence-electron chi connectivity index (χ0n) is 11.5. The van der Waals surface area contributed by atoms with E-state index in [0.717, 1.165) is 4.90 Å². The Balaban J connectivity index is 2.37. The summed E-state index contributed by atoms with van der Waals surface area (Å²) in [6, 6.07) is 5.38. The van der Waals surface area contributed by atoms with E-state index in [1.54, 1.807) is 0 Å². The van der Waals surface area contributed by atoms with Crippen LogP contribution in [0.2, 0.25) is 0 Å². The Kier molecular flexibility index (Phi) is 4.09. The highest BCUT2D eigenvalue weighted by molar-refractivity contribution is 6.55. The second-order valence-electron chi connectivity index (χ2n) is 5.11. The highest BCUT2D eigenvalue weighted by Gasteiger charge is 2.38. The van der Waals surface area contributed by atoms with Crippen molar-refractivity contribution in [2.24, 2.45) is 5.92 Å². The van der Waals surface area contributed by atoms with Crippen LogP contribution in [0.15, 0.2) is 29.3 Å². The van der Waals surface area contributed by atoms with E-state index in [0.29, 0.717) is 5.56 Å². The van der Waals surface area contributed by atoms with Gasteiger partial charge in [0, 0.05) is 18.7 Å². The Morgan fingerprint density at radius 3 is 2.24 bits per heavy atom. The first kappa shape index (κ1) is 15.2. The average molecular weight is 309 g/mol. The van der Waals surface area contributed by atoms with Crippen molar-refractivity contribution in [1.29, 1.82) is 0 Å². The standard InChI is InChI=1S/C14H13ClN2O4/c1-8(2)7-16-13(18)11(12(15)14(16)19)9-3-5-10(6-4-9)17(20)21/h3-6,8H,7H2,1-2H3. The number of nitrogens with zero attached hydrogens (tertiary/aromatic N) is 2. The number of halogens is 1. The second kappa shape index (κ2) is 5.65. The number of nitro groups is 1. The number of carbonyl (C=O) groups is 2. The van der Waals surface area contributed by atoms with Crippen LogP contribution in [-0.2, 0) is 9.59 Å². The number of hydrogen-bond acceptors (Lipinski definition) is 4. The maximum atomic E-state index is 12.3. The van der Waals surface area contributed by atoms with Gasteiger partial charge < -0.3 is 0 Å². The molecule has 1 aliphatic rings. The van der Waals surface area contributed by atoms with Crippen LogP contribution in [0.3, 0.4) is 0 Å². The lowest BCUT2D eigenvalue weighted by molar-refractivity contribution is -0.384. The van der Waals surface area contributed by atoms with Gasteiger partial charge in [0.15, 0.2) is 0 Å². The van der Waals surface area contributed by atoms with Gasteiger partial charge in [0.05, 0.1) is 10.5 Å². The lowest BCUT2D eigenvalue weighted by Gasteiger charge is -2.16. The zero-order chi connectivity index (χ0) is 15.7. The summed E-state index contributed by atoms with van der Waals surface area (Å²) in [5.74, 6) is -0.866. The van der Waals surface area contributed by atoms with Crippen molar-refractivity contribution < 1.29 is 14.5 Å². The minimum atomic E-state index is -0.535. The number of nitro benzene ring substituents is 1. The van der Waals surface area contributed by atoms with Crippen molar-refractivity contribution in [3.63, 3.8) is 0 Å². The number of hydrogen-bond donors (Lipinski definition) is 0. The van der Waals surface area contributed by atoms with Crippen LogP contribution in [0.4, 0.5) is 5.69 Å². The normalized spacial score (nSPS) is 15.3. The molecule has 0 aromatic heterocycles. The molecule has 2 amide bonds. The fraction of sp³-hybridized carbons (Fsp3) is 0.286. The molecular formula is C14H13ClN2O4. The van der Waals surface area contributed by atoms with Crippen molar-refractivity contribution >= 4 is 34.7 Å². The third kappa shape index (κ3) is 2.80. The molecule has 0 radical (unpaired) electrons. The summed E-state index contributed by atoms with van der Waals surface area (Å²) in [6.07, 6.45) is 0. The van der Waals surface area contributed by atoms with Gasteiger partial charge in [-0.15, -0.1) is 0 Å². The van der Waals surface area contributed by atoms with E-state index in [9.17, 15) is 19.7 Å². The Morgan fingerprint density at radius 2 is 1.76 bits per heavy atom. The number of rotatable bonds is 4. The Bertz CT molecular complexity index is 649. The van der Waals surface area contributed by atoms with Gasteiger partial charge in [0.2, 0.25) is 0 Å². The quantitative estimate of drug-likeness (QED) is 0.486. The van der Waals surface area contributed by atoms with Gasteiger partial charge in [-0.1, -0.05) is 25.4 Å². The van der Waals surface area contributed by atoms with Crippen molar-refractivity contribution in [2.75, 3.05) is 6.54 Å². The Hall–Kier alpha value is -2.21. The van der Waals surface area contributed by atoms with E-state index in [4.69, 9.17) is 11.6 Å². The molecule has 6 nitrogen and oxygen atoms in total. The molecule has 1 aliphatic heterocycles. The van der Waals surface area contributed by atoms with Crippen LogP contribution in [0, 0.1) is 16.0 Å². The predicted molar refractivity (Wildman–Crippen MR) is 77.4 cm³/mol. The number of carbonyl (C=O) groups excluding carboxylic acids is 2. The highest BCUT2D eigenvalue weighted by atomic mass is 35.5. The van der Waals surface area contributed by atoms with Crippen LogP contribution in [0.5, 0.6) is 0 Å². The zero-order valence-corrected chi connectivity index (χ0v) is 12.3. The summed E-state index contributed by atoms with van der Waals surface area (Å²) in [6.45, 7) is 4.06. The second-order valence-corrected chi connectivity index (χ2v) is 5.49. The molecule has 1 aromatic rings. The number of amides is 2. The van der Waals surface area contributed by atoms with Gasteiger partial charge in [-0.3, -0.25) is 24.6 Å². The van der Waals surface area contributed by atoms with E-state index < -0.39 is 16.7 Å². The van der Waals surface area contributed by atoms with Crippen LogP contribution < -0.4 is 0 Å². The van der Waals surface area contributed by atoms with E-state index in [2.05, 4.69) is 0 Å². The molecule has 0 unspecified atom stereocenters. The fourth-order valence-electron chi connectivity index (χ4n) is 2.08. The molecule has 0 bridgehead atoms. The Morgan fingerprint density at radius 1 is 1.19 bits per heavy atom. The molecule has 1 aromatic carbocycles. The first-order valence-corrected chi connectivity index (χ1v) is 6.71. The van der Waals surface area contributed by atoms with Crippen molar-refractivity contribution in [3.05, 3.63) is 45.0 Å².